The standard InChI is InChI=1S/C22H20N4O3/c1-14-3-5-19(6-4-14)25-21(28)16-11-17(13-23-12-16)22(29)26-20-9-7-18(8-10-20)24-15(2)27/h3-13H,1-2H3,(H,24,27)(H,25,28)(H,26,29). The van der Waals surface area contributed by atoms with E-state index in [-0.39, 0.29) is 22.9 Å². The zero-order valence-corrected chi connectivity index (χ0v) is 16.0. The van der Waals surface area contributed by atoms with Gasteiger partial charge in [-0.2, -0.15) is 0 Å². The van der Waals surface area contributed by atoms with Crippen molar-refractivity contribution in [3.63, 3.8) is 0 Å². The minimum atomic E-state index is -0.394. The molecule has 0 saturated carbocycles. The van der Waals surface area contributed by atoms with Crippen LogP contribution in [0.2, 0.25) is 0 Å². The van der Waals surface area contributed by atoms with Gasteiger partial charge in [-0.25, -0.2) is 0 Å². The molecule has 0 bridgehead atoms. The number of carbonyl (C=O) groups is 3. The summed E-state index contributed by atoms with van der Waals surface area (Å²) in [6.07, 6.45) is 2.80. The number of rotatable bonds is 5. The molecule has 0 unspecified atom stereocenters. The molecule has 0 aliphatic carbocycles. The van der Waals surface area contributed by atoms with Gasteiger partial charge in [-0.3, -0.25) is 19.4 Å². The fourth-order valence-electron chi connectivity index (χ4n) is 2.57. The molecule has 7 nitrogen and oxygen atoms in total. The lowest BCUT2D eigenvalue weighted by molar-refractivity contribution is -0.114. The number of carbonyl (C=O) groups excluding carboxylic acids is 3. The summed E-state index contributed by atoms with van der Waals surface area (Å²) < 4.78 is 0. The first-order chi connectivity index (χ1) is 13.9. The molecule has 3 N–H and O–H groups in total. The Hall–Kier alpha value is -4.00. The molecule has 1 aromatic heterocycles. The van der Waals surface area contributed by atoms with E-state index in [0.29, 0.717) is 17.1 Å². The van der Waals surface area contributed by atoms with Gasteiger partial charge in [0.25, 0.3) is 11.8 Å². The quantitative estimate of drug-likeness (QED) is 0.618. The number of hydrogen-bond donors (Lipinski definition) is 3. The summed E-state index contributed by atoms with van der Waals surface area (Å²) in [6, 6.07) is 15.6. The summed E-state index contributed by atoms with van der Waals surface area (Å²) in [5, 5.41) is 8.17. The van der Waals surface area contributed by atoms with E-state index in [1.807, 2.05) is 31.2 Å². The molecule has 0 fully saturated rings. The Bertz CT molecular complexity index is 1040. The van der Waals surface area contributed by atoms with Crippen molar-refractivity contribution in [2.24, 2.45) is 0 Å². The van der Waals surface area contributed by atoms with E-state index in [4.69, 9.17) is 0 Å². The SMILES string of the molecule is CC(=O)Nc1ccc(NC(=O)c2cncc(C(=O)Nc3ccc(C)cc3)c2)cc1. The minimum absolute atomic E-state index is 0.173. The number of pyridine rings is 1. The summed E-state index contributed by atoms with van der Waals surface area (Å²) >= 11 is 0. The summed E-state index contributed by atoms with van der Waals surface area (Å²) in [5.41, 5.74) is 3.47. The molecule has 3 rings (SSSR count). The van der Waals surface area contributed by atoms with Gasteiger partial charge < -0.3 is 16.0 Å². The lowest BCUT2D eigenvalue weighted by atomic mass is 10.1. The number of hydrogen-bond acceptors (Lipinski definition) is 4. The summed E-state index contributed by atoms with van der Waals surface area (Å²) in [6.45, 7) is 3.38. The number of aromatic nitrogens is 1. The molecule has 7 heteroatoms. The van der Waals surface area contributed by atoms with Crippen LogP contribution in [0.5, 0.6) is 0 Å². The Morgan fingerprint density at radius 1 is 0.690 bits per heavy atom. The van der Waals surface area contributed by atoms with Crippen molar-refractivity contribution < 1.29 is 14.4 Å². The van der Waals surface area contributed by atoms with Crippen LogP contribution < -0.4 is 16.0 Å². The first-order valence-corrected chi connectivity index (χ1v) is 8.93. The molecular formula is C22H20N4O3. The Balaban J connectivity index is 1.68. The van der Waals surface area contributed by atoms with Crippen molar-refractivity contribution in [3.8, 4) is 0 Å². The van der Waals surface area contributed by atoms with Crippen molar-refractivity contribution >= 4 is 34.8 Å². The van der Waals surface area contributed by atoms with Crippen molar-refractivity contribution in [1.82, 2.24) is 4.98 Å². The summed E-state index contributed by atoms with van der Waals surface area (Å²) in [5.74, 6) is -0.918. The van der Waals surface area contributed by atoms with Crippen molar-refractivity contribution in [2.75, 3.05) is 16.0 Å². The van der Waals surface area contributed by atoms with Crippen LogP contribution in [0.4, 0.5) is 17.1 Å². The number of anilines is 3. The Morgan fingerprint density at radius 2 is 1.10 bits per heavy atom. The second-order valence-corrected chi connectivity index (χ2v) is 6.50. The average molecular weight is 388 g/mol. The fourth-order valence-corrected chi connectivity index (χ4v) is 2.57. The van der Waals surface area contributed by atoms with Gasteiger partial charge in [-0.05, 0) is 49.4 Å². The third-order valence-electron chi connectivity index (χ3n) is 4.04. The minimum Gasteiger partial charge on any atom is -0.326 e. The van der Waals surface area contributed by atoms with Crippen LogP contribution in [-0.4, -0.2) is 22.7 Å². The molecule has 1 heterocycles. The van der Waals surface area contributed by atoms with Crippen LogP contribution in [0.25, 0.3) is 0 Å². The molecule has 29 heavy (non-hydrogen) atoms. The van der Waals surface area contributed by atoms with Gasteiger partial charge in [0.15, 0.2) is 0 Å². The highest BCUT2D eigenvalue weighted by molar-refractivity contribution is 6.08. The Kier molecular flexibility index (Phi) is 5.99. The van der Waals surface area contributed by atoms with Crippen molar-refractivity contribution in [1.29, 1.82) is 0 Å². The molecular weight excluding hydrogens is 368 g/mol. The van der Waals surface area contributed by atoms with Gasteiger partial charge in [0, 0.05) is 36.4 Å². The maximum Gasteiger partial charge on any atom is 0.257 e. The van der Waals surface area contributed by atoms with Gasteiger partial charge in [0.1, 0.15) is 0 Å². The van der Waals surface area contributed by atoms with E-state index in [1.165, 1.54) is 25.4 Å². The van der Waals surface area contributed by atoms with Crippen molar-refractivity contribution in [3.05, 3.63) is 83.7 Å². The van der Waals surface area contributed by atoms with Crippen LogP contribution in [0.3, 0.4) is 0 Å². The van der Waals surface area contributed by atoms with E-state index in [0.717, 1.165) is 5.56 Å². The monoisotopic (exact) mass is 388 g/mol. The van der Waals surface area contributed by atoms with Gasteiger partial charge >= 0.3 is 0 Å². The predicted octanol–water partition coefficient (Wildman–Crippen LogP) is 3.85. The van der Waals surface area contributed by atoms with E-state index < -0.39 is 5.91 Å². The van der Waals surface area contributed by atoms with Crippen LogP contribution in [0.15, 0.2) is 67.0 Å². The lowest BCUT2D eigenvalue weighted by Gasteiger charge is -2.09. The van der Waals surface area contributed by atoms with Crippen molar-refractivity contribution in [2.45, 2.75) is 13.8 Å². The van der Waals surface area contributed by atoms with E-state index >= 15 is 0 Å². The Labute approximate surface area is 168 Å². The van der Waals surface area contributed by atoms with Gasteiger partial charge in [-0.15, -0.1) is 0 Å². The van der Waals surface area contributed by atoms with E-state index in [9.17, 15) is 14.4 Å². The largest absolute Gasteiger partial charge is 0.326 e. The molecule has 0 aliphatic heterocycles. The highest BCUT2D eigenvalue weighted by atomic mass is 16.2. The molecule has 2 aromatic carbocycles. The first-order valence-electron chi connectivity index (χ1n) is 8.93. The molecule has 3 amide bonds. The van der Waals surface area contributed by atoms with E-state index in [1.54, 1.807) is 24.3 Å². The highest BCUT2D eigenvalue weighted by Gasteiger charge is 2.12. The third-order valence-corrected chi connectivity index (χ3v) is 4.04. The summed E-state index contributed by atoms with van der Waals surface area (Å²) in [4.78, 5) is 40.0. The van der Waals surface area contributed by atoms with Crippen LogP contribution in [-0.2, 0) is 4.79 Å². The molecule has 0 spiro atoms. The molecule has 3 aromatic rings. The second-order valence-electron chi connectivity index (χ2n) is 6.50. The molecule has 0 saturated heterocycles. The first kappa shape index (κ1) is 19.8. The van der Waals surface area contributed by atoms with Gasteiger partial charge in [0.05, 0.1) is 11.1 Å². The smallest absolute Gasteiger partial charge is 0.257 e. The molecule has 0 radical (unpaired) electrons. The molecule has 0 atom stereocenters. The fraction of sp³-hybridized carbons (Fsp3) is 0.0909. The lowest BCUT2D eigenvalue weighted by Crippen LogP contribution is -2.16. The third kappa shape index (κ3) is 5.49. The van der Waals surface area contributed by atoms with E-state index in [2.05, 4.69) is 20.9 Å². The average Bonchev–Trinajstić information content (AvgIpc) is 2.71. The van der Waals surface area contributed by atoms with Crippen LogP contribution in [0, 0.1) is 6.92 Å². The normalized spacial score (nSPS) is 10.1. The zero-order valence-electron chi connectivity index (χ0n) is 16.0. The predicted molar refractivity (Wildman–Crippen MR) is 112 cm³/mol. The number of benzene rings is 2. The second kappa shape index (κ2) is 8.79. The number of nitrogens with zero attached hydrogens (tertiary/aromatic N) is 1. The highest BCUT2D eigenvalue weighted by Crippen LogP contribution is 2.15. The maximum absolute atomic E-state index is 12.5. The number of aryl methyl sites for hydroxylation is 1. The van der Waals surface area contributed by atoms with Crippen LogP contribution in [0.1, 0.15) is 33.2 Å². The summed E-state index contributed by atoms with van der Waals surface area (Å²) in [7, 11) is 0. The van der Waals surface area contributed by atoms with Crippen LogP contribution >= 0.6 is 0 Å². The Morgan fingerprint density at radius 3 is 1.55 bits per heavy atom. The van der Waals surface area contributed by atoms with Gasteiger partial charge in [-0.1, -0.05) is 17.7 Å². The topological polar surface area (TPSA) is 100 Å². The van der Waals surface area contributed by atoms with Gasteiger partial charge in [0.2, 0.25) is 5.91 Å². The zero-order chi connectivity index (χ0) is 20.8. The number of nitrogens with one attached hydrogen (secondary N) is 3. The number of amides is 3. The molecule has 146 valence electrons. The molecule has 0 aliphatic rings. The maximum atomic E-state index is 12.5.